The quantitative estimate of drug-likeness (QED) is 0.572. The lowest BCUT2D eigenvalue weighted by atomic mass is 10.1. The molecule has 3 aromatic rings. The number of carbonyl (C=O) groups excluding carboxylic acids is 2. The minimum atomic E-state index is -0.642. The zero-order valence-electron chi connectivity index (χ0n) is 14.1. The first-order valence-electron chi connectivity index (χ1n) is 7.63. The van der Waals surface area contributed by atoms with Crippen molar-refractivity contribution in [2.75, 3.05) is 19.5 Å². The highest BCUT2D eigenvalue weighted by Gasteiger charge is 2.14. The summed E-state index contributed by atoms with van der Waals surface area (Å²) in [4.78, 5) is 35.8. The predicted octanol–water partition coefficient (Wildman–Crippen LogP) is 2.84. The Morgan fingerprint density at radius 1 is 1.00 bits per heavy atom. The number of amides is 1. The Kier molecular flexibility index (Phi) is 4.70. The van der Waals surface area contributed by atoms with Crippen LogP contribution in [0.3, 0.4) is 0 Å². The molecule has 0 saturated heterocycles. The number of hydrogen-bond donors (Lipinski definition) is 1. The second-order valence-electron chi connectivity index (χ2n) is 5.36. The van der Waals surface area contributed by atoms with Gasteiger partial charge in [-0.1, -0.05) is 0 Å². The molecule has 0 spiro atoms. The van der Waals surface area contributed by atoms with Gasteiger partial charge in [0.25, 0.3) is 5.91 Å². The molecule has 0 fully saturated rings. The second kappa shape index (κ2) is 7.10. The van der Waals surface area contributed by atoms with Crippen molar-refractivity contribution in [3.05, 3.63) is 70.1 Å². The molecule has 0 radical (unpaired) electrons. The molecule has 0 bridgehead atoms. The summed E-state index contributed by atoms with van der Waals surface area (Å²) in [6.07, 6.45) is 0. The van der Waals surface area contributed by atoms with Gasteiger partial charge in [0.15, 0.2) is 0 Å². The molecule has 132 valence electrons. The topological polar surface area (TPSA) is 94.8 Å². The molecule has 1 heterocycles. The number of nitrogens with one attached hydrogen (secondary N) is 1. The molecule has 0 aliphatic heterocycles. The molecule has 3 rings (SSSR count). The second-order valence-corrected chi connectivity index (χ2v) is 5.36. The number of fused-ring (bicyclic) bond motifs is 1. The van der Waals surface area contributed by atoms with Crippen LogP contribution in [0.25, 0.3) is 11.0 Å². The zero-order chi connectivity index (χ0) is 18.7. The van der Waals surface area contributed by atoms with Crippen LogP contribution in [0, 0.1) is 0 Å². The number of ether oxygens (including phenoxy) is 2. The Bertz CT molecular complexity index is 1040. The maximum Gasteiger partial charge on any atom is 0.337 e. The van der Waals surface area contributed by atoms with Gasteiger partial charge in [-0.2, -0.15) is 0 Å². The molecule has 26 heavy (non-hydrogen) atoms. The lowest BCUT2D eigenvalue weighted by molar-refractivity contribution is 0.0600. The molecular formula is C19H15NO6. The summed E-state index contributed by atoms with van der Waals surface area (Å²) < 4.78 is 14.9. The lowest BCUT2D eigenvalue weighted by Crippen LogP contribution is -2.15. The Balaban J connectivity index is 1.92. The highest BCUT2D eigenvalue weighted by molar-refractivity contribution is 6.12. The van der Waals surface area contributed by atoms with E-state index in [9.17, 15) is 14.4 Å². The van der Waals surface area contributed by atoms with Crippen LogP contribution in [0.15, 0.2) is 57.7 Å². The van der Waals surface area contributed by atoms with Crippen molar-refractivity contribution >= 4 is 28.5 Å². The van der Waals surface area contributed by atoms with Crippen molar-refractivity contribution in [1.29, 1.82) is 0 Å². The fourth-order valence-corrected chi connectivity index (χ4v) is 2.46. The summed E-state index contributed by atoms with van der Waals surface area (Å²) in [7, 11) is 2.78. The number of anilines is 1. The van der Waals surface area contributed by atoms with Crippen molar-refractivity contribution < 1.29 is 23.5 Å². The van der Waals surface area contributed by atoms with Crippen LogP contribution in [0.2, 0.25) is 0 Å². The summed E-state index contributed by atoms with van der Waals surface area (Å²) in [5, 5.41) is 3.17. The first-order chi connectivity index (χ1) is 12.5. The van der Waals surface area contributed by atoms with Gasteiger partial charge in [0.05, 0.1) is 25.3 Å². The lowest BCUT2D eigenvalue weighted by Gasteiger charge is -2.08. The third-order valence-electron chi connectivity index (χ3n) is 3.76. The fourth-order valence-electron chi connectivity index (χ4n) is 2.46. The van der Waals surface area contributed by atoms with Crippen molar-refractivity contribution in [2.45, 2.75) is 0 Å². The van der Waals surface area contributed by atoms with Gasteiger partial charge >= 0.3 is 11.6 Å². The molecule has 7 heteroatoms. The van der Waals surface area contributed by atoms with E-state index in [1.165, 1.54) is 26.4 Å². The zero-order valence-corrected chi connectivity index (χ0v) is 14.1. The van der Waals surface area contributed by atoms with Gasteiger partial charge in [0, 0.05) is 23.2 Å². The van der Waals surface area contributed by atoms with Crippen LogP contribution in [-0.2, 0) is 4.74 Å². The fraction of sp³-hybridized carbons (Fsp3) is 0.105. The van der Waals surface area contributed by atoms with E-state index in [1.807, 2.05) is 0 Å². The Morgan fingerprint density at radius 3 is 2.38 bits per heavy atom. The van der Waals surface area contributed by atoms with E-state index in [0.29, 0.717) is 22.4 Å². The van der Waals surface area contributed by atoms with E-state index < -0.39 is 17.5 Å². The van der Waals surface area contributed by atoms with E-state index in [1.54, 1.807) is 30.3 Å². The third kappa shape index (κ3) is 3.41. The van der Waals surface area contributed by atoms with E-state index in [0.717, 1.165) is 6.07 Å². The van der Waals surface area contributed by atoms with E-state index >= 15 is 0 Å². The van der Waals surface area contributed by atoms with Crippen LogP contribution < -0.4 is 15.7 Å². The van der Waals surface area contributed by atoms with Crippen LogP contribution in [0.4, 0.5) is 5.69 Å². The minimum Gasteiger partial charge on any atom is -0.497 e. The van der Waals surface area contributed by atoms with Crippen LogP contribution in [0.1, 0.15) is 20.7 Å². The molecule has 1 amide bonds. The molecule has 1 aromatic heterocycles. The van der Waals surface area contributed by atoms with Crippen molar-refractivity contribution in [2.24, 2.45) is 0 Å². The predicted molar refractivity (Wildman–Crippen MR) is 94.8 cm³/mol. The summed E-state index contributed by atoms with van der Waals surface area (Å²) in [6.45, 7) is 0. The normalized spacial score (nSPS) is 10.4. The smallest absolute Gasteiger partial charge is 0.337 e. The summed E-state index contributed by atoms with van der Waals surface area (Å²) >= 11 is 0. The van der Waals surface area contributed by atoms with Gasteiger partial charge in [0.2, 0.25) is 0 Å². The summed E-state index contributed by atoms with van der Waals surface area (Å²) in [5.74, 6) is -0.432. The number of esters is 1. The number of hydrogen-bond acceptors (Lipinski definition) is 6. The van der Waals surface area contributed by atoms with Crippen molar-refractivity contribution in [3.63, 3.8) is 0 Å². The van der Waals surface area contributed by atoms with Gasteiger partial charge in [-0.15, -0.1) is 0 Å². The first kappa shape index (κ1) is 17.2. The molecule has 0 aliphatic carbocycles. The summed E-state index contributed by atoms with van der Waals surface area (Å²) in [6, 6.07) is 12.2. The molecule has 0 unspecified atom stereocenters. The monoisotopic (exact) mass is 353 g/mol. The number of rotatable bonds is 4. The number of methoxy groups -OCH3 is 2. The van der Waals surface area contributed by atoms with Crippen LogP contribution in [0.5, 0.6) is 5.75 Å². The SMILES string of the molecule is COC(=O)c1ccc(NC(=O)c2cc(=O)oc3cc(OC)ccc23)cc1. The molecule has 0 aliphatic rings. The van der Waals surface area contributed by atoms with E-state index in [4.69, 9.17) is 9.15 Å². The van der Waals surface area contributed by atoms with Gasteiger partial charge in [-0.25, -0.2) is 9.59 Å². The molecular weight excluding hydrogens is 338 g/mol. The highest BCUT2D eigenvalue weighted by atomic mass is 16.5. The average Bonchev–Trinajstić information content (AvgIpc) is 2.66. The molecule has 7 nitrogen and oxygen atoms in total. The Labute approximate surface area is 148 Å². The van der Waals surface area contributed by atoms with E-state index in [2.05, 4.69) is 10.1 Å². The molecule has 0 saturated carbocycles. The summed E-state index contributed by atoms with van der Waals surface area (Å²) in [5.41, 5.74) is 0.622. The first-order valence-corrected chi connectivity index (χ1v) is 7.63. The maximum absolute atomic E-state index is 12.6. The average molecular weight is 353 g/mol. The van der Waals surface area contributed by atoms with Crippen LogP contribution in [-0.4, -0.2) is 26.1 Å². The largest absolute Gasteiger partial charge is 0.497 e. The van der Waals surface area contributed by atoms with Crippen molar-refractivity contribution in [3.8, 4) is 5.75 Å². The minimum absolute atomic E-state index is 0.177. The third-order valence-corrected chi connectivity index (χ3v) is 3.76. The Hall–Kier alpha value is -3.61. The number of benzene rings is 2. The van der Waals surface area contributed by atoms with Gasteiger partial charge < -0.3 is 19.2 Å². The van der Waals surface area contributed by atoms with Gasteiger partial charge in [0.1, 0.15) is 11.3 Å². The van der Waals surface area contributed by atoms with Crippen molar-refractivity contribution in [1.82, 2.24) is 0 Å². The number of carbonyl (C=O) groups is 2. The van der Waals surface area contributed by atoms with E-state index in [-0.39, 0.29) is 11.1 Å². The molecule has 2 aromatic carbocycles. The maximum atomic E-state index is 12.6. The van der Waals surface area contributed by atoms with Gasteiger partial charge in [-0.3, -0.25) is 4.79 Å². The molecule has 1 N–H and O–H groups in total. The highest BCUT2D eigenvalue weighted by Crippen LogP contribution is 2.23. The Morgan fingerprint density at radius 2 is 1.73 bits per heavy atom. The van der Waals surface area contributed by atoms with Gasteiger partial charge in [-0.05, 0) is 36.4 Å². The standard InChI is InChI=1S/C19H15NO6/c1-24-13-7-8-14-15(10-17(21)26-16(14)9-13)18(22)20-12-5-3-11(4-6-12)19(23)25-2/h3-10H,1-2H3,(H,20,22). The van der Waals surface area contributed by atoms with Crippen LogP contribution >= 0.6 is 0 Å². The molecule has 0 atom stereocenters.